The van der Waals surface area contributed by atoms with Gasteiger partial charge in [-0.2, -0.15) is 9.78 Å². The molecule has 0 aliphatic carbocycles. The van der Waals surface area contributed by atoms with E-state index in [1.165, 1.54) is 18.0 Å². The van der Waals surface area contributed by atoms with E-state index in [0.717, 1.165) is 5.56 Å². The number of hydrogen-bond acceptors (Lipinski definition) is 10. The number of carbonyl (C=O) groups is 1. The van der Waals surface area contributed by atoms with Gasteiger partial charge >= 0.3 is 0 Å². The summed E-state index contributed by atoms with van der Waals surface area (Å²) in [5, 5.41) is 18.7. The number of hydrazone groups is 1. The van der Waals surface area contributed by atoms with Crippen LogP contribution < -0.4 is 15.9 Å². The summed E-state index contributed by atoms with van der Waals surface area (Å²) >= 11 is 0. The quantitative estimate of drug-likeness (QED) is 0.435. The fourth-order valence-corrected chi connectivity index (χ4v) is 2.19. The lowest BCUT2D eigenvalue weighted by Gasteiger charge is -2.04. The van der Waals surface area contributed by atoms with Crippen LogP contribution in [0.3, 0.4) is 0 Å². The maximum atomic E-state index is 12.4. The van der Waals surface area contributed by atoms with E-state index in [9.17, 15) is 4.79 Å². The predicted octanol–water partition coefficient (Wildman–Crippen LogP) is 0.151. The first kappa shape index (κ1) is 18.0. The predicted molar refractivity (Wildman–Crippen MR) is 92.4 cm³/mol. The third-order valence-electron chi connectivity index (χ3n) is 3.43. The molecule has 3 N–H and O–H groups in total. The van der Waals surface area contributed by atoms with Crippen LogP contribution in [0, 0.1) is 0 Å². The summed E-state index contributed by atoms with van der Waals surface area (Å²) in [5.41, 5.74) is 9.11. The van der Waals surface area contributed by atoms with E-state index in [0.29, 0.717) is 11.4 Å². The summed E-state index contributed by atoms with van der Waals surface area (Å²) < 4.78 is 16.0. The average Bonchev–Trinajstić information content (AvgIpc) is 3.28. The highest BCUT2D eigenvalue weighted by Crippen LogP contribution is 2.16. The number of nitrogens with two attached hydrogens (primary N) is 1. The Kier molecular flexibility index (Phi) is 5.37. The third kappa shape index (κ3) is 3.90. The minimum Gasteiger partial charge on any atom is -0.497 e. The Balaban J connectivity index is 1.79. The van der Waals surface area contributed by atoms with E-state index in [2.05, 4.69) is 35.8 Å². The van der Waals surface area contributed by atoms with Crippen molar-refractivity contribution in [3.63, 3.8) is 0 Å². The second-order valence-corrected chi connectivity index (χ2v) is 5.18. The van der Waals surface area contributed by atoms with Crippen LogP contribution in [-0.4, -0.2) is 51.6 Å². The molecule has 0 fully saturated rings. The first-order valence-corrected chi connectivity index (χ1v) is 7.63. The summed E-state index contributed by atoms with van der Waals surface area (Å²) in [6.45, 7) is 0.0294. The molecule has 2 heterocycles. The zero-order valence-corrected chi connectivity index (χ0v) is 14.5. The Labute approximate surface area is 152 Å². The normalized spacial score (nSPS) is 11.0. The van der Waals surface area contributed by atoms with Gasteiger partial charge in [-0.05, 0) is 28.0 Å². The van der Waals surface area contributed by atoms with Crippen LogP contribution in [0.25, 0.3) is 5.82 Å². The second kappa shape index (κ2) is 8.05. The lowest BCUT2D eigenvalue weighted by molar-refractivity contribution is 0.0944. The van der Waals surface area contributed by atoms with Gasteiger partial charge < -0.3 is 15.2 Å². The summed E-state index contributed by atoms with van der Waals surface area (Å²) in [7, 11) is 3.03. The molecular formula is C15H16N8O4. The van der Waals surface area contributed by atoms with Gasteiger partial charge in [-0.25, -0.2) is 10.1 Å². The molecule has 0 unspecified atom stereocenters. The number of amides is 1. The molecule has 0 aliphatic heterocycles. The maximum absolute atomic E-state index is 12.4. The molecule has 3 rings (SSSR count). The largest absolute Gasteiger partial charge is 0.497 e. The van der Waals surface area contributed by atoms with Crippen molar-refractivity contribution in [1.82, 2.24) is 30.7 Å². The SMILES string of the molecule is COCc1c(C(=O)NN=Cc2cccc(OC)c2)nnn1-c1nonc1N. The molecule has 0 spiro atoms. The molecule has 12 heteroatoms. The smallest absolute Gasteiger partial charge is 0.293 e. The molecule has 0 radical (unpaired) electrons. The van der Waals surface area contributed by atoms with Gasteiger partial charge in [0.2, 0.25) is 11.6 Å². The lowest BCUT2D eigenvalue weighted by atomic mass is 10.2. The van der Waals surface area contributed by atoms with Crippen molar-refractivity contribution in [3.05, 3.63) is 41.2 Å². The number of carbonyl (C=O) groups excluding carboxylic acids is 1. The van der Waals surface area contributed by atoms with Gasteiger partial charge in [-0.3, -0.25) is 4.79 Å². The zero-order chi connectivity index (χ0) is 19.2. The molecule has 12 nitrogen and oxygen atoms in total. The molecular weight excluding hydrogens is 356 g/mol. The fraction of sp³-hybridized carbons (Fsp3) is 0.200. The number of ether oxygens (including phenoxy) is 2. The van der Waals surface area contributed by atoms with Crippen LogP contribution in [0.2, 0.25) is 0 Å². The van der Waals surface area contributed by atoms with E-state index in [1.807, 2.05) is 6.07 Å². The van der Waals surface area contributed by atoms with Crippen molar-refractivity contribution in [2.75, 3.05) is 20.0 Å². The van der Waals surface area contributed by atoms with Crippen molar-refractivity contribution < 1.29 is 18.9 Å². The Morgan fingerprint density at radius 1 is 1.41 bits per heavy atom. The van der Waals surface area contributed by atoms with Crippen molar-refractivity contribution in [2.45, 2.75) is 6.61 Å². The van der Waals surface area contributed by atoms with Gasteiger partial charge in [0, 0.05) is 7.11 Å². The summed E-state index contributed by atoms with van der Waals surface area (Å²) in [5.74, 6) is 0.200. The number of methoxy groups -OCH3 is 2. The number of hydrogen-bond donors (Lipinski definition) is 2. The van der Waals surface area contributed by atoms with E-state index < -0.39 is 5.91 Å². The zero-order valence-electron chi connectivity index (χ0n) is 14.5. The topological polar surface area (TPSA) is 156 Å². The van der Waals surface area contributed by atoms with Crippen LogP contribution in [-0.2, 0) is 11.3 Å². The van der Waals surface area contributed by atoms with Gasteiger partial charge in [0.1, 0.15) is 11.4 Å². The van der Waals surface area contributed by atoms with Crippen LogP contribution in [0.5, 0.6) is 5.75 Å². The number of benzene rings is 1. The van der Waals surface area contributed by atoms with Crippen LogP contribution >= 0.6 is 0 Å². The molecule has 0 bridgehead atoms. The Hall–Kier alpha value is -3.80. The number of rotatable bonds is 7. The van der Waals surface area contributed by atoms with E-state index in [-0.39, 0.29) is 23.9 Å². The lowest BCUT2D eigenvalue weighted by Crippen LogP contribution is -2.20. The molecule has 0 saturated carbocycles. The Bertz CT molecular complexity index is 964. The molecule has 140 valence electrons. The molecule has 1 aromatic carbocycles. The van der Waals surface area contributed by atoms with Gasteiger partial charge in [-0.15, -0.1) is 5.10 Å². The standard InChI is InChI=1S/C15H16N8O4/c1-25-8-11-12(18-22-23(11)14-13(16)20-27-21-14)15(24)19-17-7-9-4-3-5-10(6-9)26-2/h3-7H,8H2,1-2H3,(H2,16,20)(H,19,24). The number of aromatic nitrogens is 5. The molecule has 1 amide bonds. The molecule has 0 atom stereocenters. The number of nitrogens with one attached hydrogen (secondary N) is 1. The van der Waals surface area contributed by atoms with Gasteiger partial charge in [0.25, 0.3) is 5.91 Å². The molecule has 3 aromatic rings. The number of nitrogens with zero attached hydrogens (tertiary/aromatic N) is 6. The van der Waals surface area contributed by atoms with Crippen LogP contribution in [0.1, 0.15) is 21.7 Å². The van der Waals surface area contributed by atoms with Crippen molar-refractivity contribution in [3.8, 4) is 11.6 Å². The van der Waals surface area contributed by atoms with Gasteiger partial charge in [0.05, 0.1) is 19.9 Å². The van der Waals surface area contributed by atoms with E-state index >= 15 is 0 Å². The monoisotopic (exact) mass is 372 g/mol. The summed E-state index contributed by atoms with van der Waals surface area (Å²) in [6.07, 6.45) is 1.47. The van der Waals surface area contributed by atoms with Crippen molar-refractivity contribution in [2.24, 2.45) is 5.10 Å². The Morgan fingerprint density at radius 3 is 2.96 bits per heavy atom. The first-order chi connectivity index (χ1) is 13.1. The third-order valence-corrected chi connectivity index (χ3v) is 3.43. The second-order valence-electron chi connectivity index (χ2n) is 5.18. The van der Waals surface area contributed by atoms with E-state index in [1.54, 1.807) is 25.3 Å². The van der Waals surface area contributed by atoms with Crippen LogP contribution in [0.15, 0.2) is 34.0 Å². The first-order valence-electron chi connectivity index (χ1n) is 7.63. The highest BCUT2D eigenvalue weighted by molar-refractivity contribution is 5.94. The van der Waals surface area contributed by atoms with Crippen molar-refractivity contribution in [1.29, 1.82) is 0 Å². The minimum absolute atomic E-state index is 0.000238. The number of anilines is 1. The maximum Gasteiger partial charge on any atom is 0.293 e. The molecule has 0 saturated heterocycles. The number of nitrogen functional groups attached to an aromatic ring is 1. The highest BCUT2D eigenvalue weighted by atomic mass is 16.6. The van der Waals surface area contributed by atoms with E-state index in [4.69, 9.17) is 15.2 Å². The van der Waals surface area contributed by atoms with Crippen LogP contribution in [0.4, 0.5) is 5.82 Å². The highest BCUT2D eigenvalue weighted by Gasteiger charge is 2.23. The molecule has 2 aromatic heterocycles. The Morgan fingerprint density at radius 2 is 2.26 bits per heavy atom. The van der Waals surface area contributed by atoms with Crippen molar-refractivity contribution >= 4 is 17.9 Å². The molecule has 27 heavy (non-hydrogen) atoms. The summed E-state index contributed by atoms with van der Waals surface area (Å²) in [6, 6.07) is 7.18. The fourth-order valence-electron chi connectivity index (χ4n) is 2.19. The minimum atomic E-state index is -0.581. The summed E-state index contributed by atoms with van der Waals surface area (Å²) in [4.78, 5) is 12.4. The molecule has 0 aliphatic rings. The average molecular weight is 372 g/mol. The van der Waals surface area contributed by atoms with Gasteiger partial charge in [-0.1, -0.05) is 17.3 Å². The van der Waals surface area contributed by atoms with Gasteiger partial charge in [0.15, 0.2) is 5.69 Å².